The molecule has 0 radical (unpaired) electrons. The smallest absolute Gasteiger partial charge is 0.343 e. The number of halogens is 3. The van der Waals surface area contributed by atoms with Crippen molar-refractivity contribution in [2.45, 2.75) is 31.0 Å². The largest absolute Gasteiger partial charge is 0.397 e. The number of amides is 2. The molecule has 2 fully saturated rings. The first-order valence-electron chi connectivity index (χ1n) is 6.97. The van der Waals surface area contributed by atoms with E-state index in [1.54, 1.807) is 11.9 Å². The molecule has 0 aromatic rings. The molecule has 0 aromatic carbocycles. The Bertz CT molecular complexity index is 431. The van der Waals surface area contributed by atoms with Crippen LogP contribution in [0.25, 0.3) is 0 Å². The number of hydrogen-bond acceptors (Lipinski definition) is 3. The maximum atomic E-state index is 12.4. The van der Waals surface area contributed by atoms with Gasteiger partial charge in [-0.3, -0.25) is 14.5 Å². The van der Waals surface area contributed by atoms with E-state index in [0.717, 1.165) is 6.54 Å². The van der Waals surface area contributed by atoms with Crippen LogP contribution in [0.3, 0.4) is 0 Å². The van der Waals surface area contributed by atoms with E-state index in [-0.39, 0.29) is 19.0 Å². The summed E-state index contributed by atoms with van der Waals surface area (Å²) < 4.78 is 36.8. The number of likely N-dealkylation sites (N-methyl/N-ethyl adjacent to an activating group) is 2. The van der Waals surface area contributed by atoms with E-state index in [4.69, 9.17) is 0 Å². The number of rotatable bonds is 1. The molecular formula is C13H20F3N3O2. The average molecular weight is 307 g/mol. The molecule has 2 heterocycles. The lowest BCUT2D eigenvalue weighted by molar-refractivity contribution is -0.166. The zero-order chi connectivity index (χ0) is 15.8. The topological polar surface area (TPSA) is 43.9 Å². The normalized spacial score (nSPS) is 23.8. The maximum absolute atomic E-state index is 12.4. The highest BCUT2D eigenvalue weighted by Crippen LogP contribution is 2.33. The summed E-state index contributed by atoms with van der Waals surface area (Å²) in [6.07, 6.45) is -5.14. The van der Waals surface area contributed by atoms with Crippen molar-refractivity contribution in [3.8, 4) is 0 Å². The SMILES string of the molecule is CN1CCN(C)C2(CCN(C(=O)CC(F)(F)F)CC2)C1=O. The van der Waals surface area contributed by atoms with Crippen LogP contribution in [0, 0.1) is 0 Å². The average Bonchev–Trinajstić information content (AvgIpc) is 2.40. The molecule has 0 aromatic heterocycles. The van der Waals surface area contributed by atoms with Crippen molar-refractivity contribution < 1.29 is 22.8 Å². The Balaban J connectivity index is 2.02. The number of carbonyl (C=O) groups is 2. The Morgan fingerprint density at radius 2 is 1.71 bits per heavy atom. The molecule has 2 aliphatic heterocycles. The van der Waals surface area contributed by atoms with Crippen LogP contribution >= 0.6 is 0 Å². The minimum Gasteiger partial charge on any atom is -0.343 e. The Hall–Kier alpha value is -1.31. The van der Waals surface area contributed by atoms with Crippen LogP contribution in [-0.2, 0) is 9.59 Å². The predicted molar refractivity (Wildman–Crippen MR) is 69.5 cm³/mol. The van der Waals surface area contributed by atoms with Gasteiger partial charge in [-0.1, -0.05) is 0 Å². The van der Waals surface area contributed by atoms with E-state index in [0.29, 0.717) is 19.4 Å². The quantitative estimate of drug-likeness (QED) is 0.716. The minimum atomic E-state index is -4.48. The molecule has 0 aliphatic carbocycles. The number of piperazine rings is 1. The maximum Gasteiger partial charge on any atom is 0.397 e. The van der Waals surface area contributed by atoms with Gasteiger partial charge in [0.25, 0.3) is 0 Å². The number of hydrogen-bond donors (Lipinski definition) is 0. The first kappa shape index (κ1) is 16.1. The summed E-state index contributed by atoms with van der Waals surface area (Å²) >= 11 is 0. The molecule has 1 spiro atoms. The van der Waals surface area contributed by atoms with Crippen molar-refractivity contribution >= 4 is 11.8 Å². The van der Waals surface area contributed by atoms with Gasteiger partial charge >= 0.3 is 6.18 Å². The minimum absolute atomic E-state index is 0.000768. The summed E-state index contributed by atoms with van der Waals surface area (Å²) in [6, 6.07) is 0. The van der Waals surface area contributed by atoms with Crippen LogP contribution in [0.4, 0.5) is 13.2 Å². The van der Waals surface area contributed by atoms with Gasteiger partial charge < -0.3 is 9.80 Å². The number of carbonyl (C=O) groups excluding carboxylic acids is 2. The van der Waals surface area contributed by atoms with Gasteiger partial charge in [0.15, 0.2) is 0 Å². The lowest BCUT2D eigenvalue weighted by Crippen LogP contribution is -2.67. The fraction of sp³-hybridized carbons (Fsp3) is 0.846. The Kier molecular flexibility index (Phi) is 4.19. The van der Waals surface area contributed by atoms with Crippen molar-refractivity contribution in [1.29, 1.82) is 0 Å². The van der Waals surface area contributed by atoms with Gasteiger partial charge in [-0.05, 0) is 19.9 Å². The zero-order valence-corrected chi connectivity index (χ0v) is 12.2. The second-order valence-corrected chi connectivity index (χ2v) is 5.85. The van der Waals surface area contributed by atoms with Crippen molar-refractivity contribution in [3.63, 3.8) is 0 Å². The highest BCUT2D eigenvalue weighted by atomic mass is 19.4. The first-order chi connectivity index (χ1) is 9.66. The molecule has 8 heteroatoms. The molecule has 2 rings (SSSR count). The van der Waals surface area contributed by atoms with Crippen LogP contribution in [0.15, 0.2) is 0 Å². The number of piperidine rings is 1. The zero-order valence-electron chi connectivity index (χ0n) is 12.2. The van der Waals surface area contributed by atoms with Crippen LogP contribution in [0.1, 0.15) is 19.3 Å². The van der Waals surface area contributed by atoms with Gasteiger partial charge in [-0.25, -0.2) is 0 Å². The van der Waals surface area contributed by atoms with Crippen molar-refractivity contribution in [1.82, 2.24) is 14.7 Å². The van der Waals surface area contributed by atoms with Crippen LogP contribution in [0.2, 0.25) is 0 Å². The van der Waals surface area contributed by atoms with Crippen molar-refractivity contribution in [2.24, 2.45) is 0 Å². The highest BCUT2D eigenvalue weighted by Gasteiger charge is 2.49. The Morgan fingerprint density at radius 3 is 2.24 bits per heavy atom. The fourth-order valence-electron chi connectivity index (χ4n) is 3.14. The van der Waals surface area contributed by atoms with Crippen LogP contribution in [-0.4, -0.2) is 78.5 Å². The van der Waals surface area contributed by atoms with E-state index < -0.39 is 24.0 Å². The number of alkyl halides is 3. The molecule has 2 amide bonds. The third-order valence-corrected chi connectivity index (χ3v) is 4.54. The predicted octanol–water partition coefficient (Wildman–Crippen LogP) is 0.704. The van der Waals surface area contributed by atoms with E-state index >= 15 is 0 Å². The van der Waals surface area contributed by atoms with Gasteiger partial charge in [0.05, 0.1) is 0 Å². The van der Waals surface area contributed by atoms with Gasteiger partial charge in [-0.2, -0.15) is 13.2 Å². The molecule has 0 bridgehead atoms. The van der Waals surface area contributed by atoms with Gasteiger partial charge in [0.2, 0.25) is 11.8 Å². The van der Waals surface area contributed by atoms with Crippen LogP contribution in [0.5, 0.6) is 0 Å². The first-order valence-corrected chi connectivity index (χ1v) is 6.97. The molecule has 0 saturated carbocycles. The second kappa shape index (κ2) is 5.47. The summed E-state index contributed by atoms with van der Waals surface area (Å²) in [5.74, 6) is -0.907. The molecule has 21 heavy (non-hydrogen) atoms. The summed E-state index contributed by atoms with van der Waals surface area (Å²) in [5.41, 5.74) is -0.665. The van der Waals surface area contributed by atoms with Gasteiger partial charge in [-0.15, -0.1) is 0 Å². The lowest BCUT2D eigenvalue weighted by Gasteiger charge is -2.50. The lowest BCUT2D eigenvalue weighted by atomic mass is 9.83. The summed E-state index contributed by atoms with van der Waals surface area (Å²) in [7, 11) is 3.59. The molecular weight excluding hydrogens is 287 g/mol. The summed E-state index contributed by atoms with van der Waals surface area (Å²) in [5, 5.41) is 0. The summed E-state index contributed by atoms with van der Waals surface area (Å²) in [6.45, 7) is 1.77. The van der Waals surface area contributed by atoms with Crippen molar-refractivity contribution in [3.05, 3.63) is 0 Å². The van der Waals surface area contributed by atoms with Gasteiger partial charge in [0, 0.05) is 33.2 Å². The van der Waals surface area contributed by atoms with E-state index in [9.17, 15) is 22.8 Å². The van der Waals surface area contributed by atoms with Gasteiger partial charge in [0.1, 0.15) is 12.0 Å². The molecule has 0 unspecified atom stereocenters. The molecule has 2 aliphatic rings. The molecule has 0 N–H and O–H groups in total. The highest BCUT2D eigenvalue weighted by molar-refractivity contribution is 5.87. The molecule has 2 saturated heterocycles. The third-order valence-electron chi connectivity index (χ3n) is 4.54. The number of likely N-dealkylation sites (tertiary alicyclic amines) is 1. The van der Waals surface area contributed by atoms with Crippen molar-refractivity contribution in [2.75, 3.05) is 40.3 Å². The second-order valence-electron chi connectivity index (χ2n) is 5.85. The monoisotopic (exact) mass is 307 g/mol. The van der Waals surface area contributed by atoms with E-state index in [1.165, 1.54) is 4.90 Å². The fourth-order valence-corrected chi connectivity index (χ4v) is 3.14. The summed E-state index contributed by atoms with van der Waals surface area (Å²) in [4.78, 5) is 28.9. The van der Waals surface area contributed by atoms with Crippen LogP contribution < -0.4 is 0 Å². The van der Waals surface area contributed by atoms with E-state index in [2.05, 4.69) is 0 Å². The third kappa shape index (κ3) is 3.14. The molecule has 5 nitrogen and oxygen atoms in total. The standard InChI is InChI=1S/C13H20F3N3O2/c1-17-7-8-18(2)12(11(17)21)3-5-19(6-4-12)10(20)9-13(14,15)16/h3-9H2,1-2H3. The molecule has 0 atom stereocenters. The van der Waals surface area contributed by atoms with E-state index in [1.807, 2.05) is 11.9 Å². The number of nitrogens with zero attached hydrogens (tertiary/aromatic N) is 3. The Labute approximate surface area is 121 Å². The molecule has 120 valence electrons. The Morgan fingerprint density at radius 1 is 1.14 bits per heavy atom.